The quantitative estimate of drug-likeness (QED) is 0.738. The van der Waals surface area contributed by atoms with E-state index in [9.17, 15) is 4.79 Å². The van der Waals surface area contributed by atoms with Crippen LogP contribution in [-0.4, -0.2) is 9.97 Å². The molecule has 5 heteroatoms. The molecule has 0 saturated heterocycles. The normalized spacial score (nSPS) is 11.4. The van der Waals surface area contributed by atoms with Gasteiger partial charge in [0.2, 0.25) is 0 Å². The Morgan fingerprint density at radius 3 is 2.60 bits per heavy atom. The Morgan fingerprint density at radius 2 is 1.95 bits per heavy atom. The summed E-state index contributed by atoms with van der Waals surface area (Å²) in [6.45, 7) is 4.04. The lowest BCUT2D eigenvalue weighted by atomic mass is 10.1. The van der Waals surface area contributed by atoms with Crippen LogP contribution in [0.15, 0.2) is 38.9 Å². The summed E-state index contributed by atoms with van der Waals surface area (Å²) in [5.41, 5.74) is 1.92. The highest BCUT2D eigenvalue weighted by Gasteiger charge is 2.13. The largest absolute Gasteiger partial charge is 0.310 e. The number of H-pyrrole nitrogens is 1. The van der Waals surface area contributed by atoms with Gasteiger partial charge in [0.1, 0.15) is 10.7 Å². The number of fused-ring (bicyclic) bond motifs is 1. The maximum Gasteiger partial charge on any atom is 0.260 e. The first-order chi connectivity index (χ1) is 9.56. The van der Waals surface area contributed by atoms with Crippen LogP contribution in [0.4, 0.5) is 0 Å². The number of aromatic amines is 1. The van der Waals surface area contributed by atoms with Gasteiger partial charge in [-0.1, -0.05) is 41.9 Å². The fraction of sp³-hybridized carbons (Fsp3) is 0.200. The fourth-order valence-corrected chi connectivity index (χ4v) is 3.30. The van der Waals surface area contributed by atoms with Crippen molar-refractivity contribution in [1.29, 1.82) is 0 Å². The van der Waals surface area contributed by atoms with Gasteiger partial charge < -0.3 is 4.98 Å². The van der Waals surface area contributed by atoms with E-state index in [1.165, 1.54) is 11.3 Å². The molecule has 3 nitrogen and oxygen atoms in total. The second-order valence-corrected chi connectivity index (χ2v) is 6.72. The molecule has 102 valence electrons. The number of rotatable bonds is 2. The van der Waals surface area contributed by atoms with Gasteiger partial charge in [-0.15, -0.1) is 11.3 Å². The van der Waals surface area contributed by atoms with E-state index in [1.54, 1.807) is 0 Å². The van der Waals surface area contributed by atoms with Crippen molar-refractivity contribution in [3.63, 3.8) is 0 Å². The third-order valence-electron chi connectivity index (χ3n) is 3.16. The summed E-state index contributed by atoms with van der Waals surface area (Å²) in [4.78, 5) is 20.6. The van der Waals surface area contributed by atoms with Crippen molar-refractivity contribution in [3.05, 3.63) is 50.3 Å². The average molecular weight is 349 g/mol. The van der Waals surface area contributed by atoms with Crippen molar-refractivity contribution < 1.29 is 0 Å². The molecule has 2 heterocycles. The summed E-state index contributed by atoms with van der Waals surface area (Å²) < 4.78 is 1.02. The highest BCUT2D eigenvalue weighted by atomic mass is 79.9. The Bertz CT molecular complexity index is 818. The Labute approximate surface area is 128 Å². The molecule has 2 aromatic heterocycles. The molecule has 0 radical (unpaired) electrons. The average Bonchev–Trinajstić information content (AvgIpc) is 2.84. The van der Waals surface area contributed by atoms with Gasteiger partial charge in [0, 0.05) is 21.3 Å². The van der Waals surface area contributed by atoms with Crippen LogP contribution in [-0.2, 0) is 0 Å². The van der Waals surface area contributed by atoms with Gasteiger partial charge in [0.05, 0.1) is 5.39 Å². The Kier molecular flexibility index (Phi) is 3.48. The predicted octanol–water partition coefficient (Wildman–Crippen LogP) is 4.54. The van der Waals surface area contributed by atoms with Crippen molar-refractivity contribution in [2.75, 3.05) is 0 Å². The third kappa shape index (κ3) is 2.31. The smallest absolute Gasteiger partial charge is 0.260 e. The van der Waals surface area contributed by atoms with Gasteiger partial charge in [0.25, 0.3) is 5.56 Å². The summed E-state index contributed by atoms with van der Waals surface area (Å²) >= 11 is 4.94. The van der Waals surface area contributed by atoms with Crippen LogP contribution < -0.4 is 5.56 Å². The van der Waals surface area contributed by atoms with Crippen molar-refractivity contribution in [3.8, 4) is 11.1 Å². The zero-order valence-corrected chi connectivity index (χ0v) is 13.5. The van der Waals surface area contributed by atoms with Gasteiger partial charge in [-0.05, 0) is 17.7 Å². The number of halogens is 1. The van der Waals surface area contributed by atoms with Crippen LogP contribution in [0.2, 0.25) is 0 Å². The fourth-order valence-electron chi connectivity index (χ4n) is 2.08. The summed E-state index contributed by atoms with van der Waals surface area (Å²) in [6.07, 6.45) is 0. The van der Waals surface area contributed by atoms with Crippen molar-refractivity contribution in [2.45, 2.75) is 19.8 Å². The minimum absolute atomic E-state index is 0.0575. The highest BCUT2D eigenvalue weighted by molar-refractivity contribution is 9.10. The number of benzene rings is 1. The Hall–Kier alpha value is -1.46. The summed E-state index contributed by atoms with van der Waals surface area (Å²) in [5.74, 6) is 0.956. The van der Waals surface area contributed by atoms with Gasteiger partial charge in [-0.2, -0.15) is 0 Å². The lowest BCUT2D eigenvalue weighted by Crippen LogP contribution is -2.12. The first-order valence-corrected chi connectivity index (χ1v) is 8.01. The molecule has 0 unspecified atom stereocenters. The minimum Gasteiger partial charge on any atom is -0.310 e. The lowest BCUT2D eigenvalue weighted by Gasteiger charge is -2.04. The minimum atomic E-state index is -0.0575. The molecule has 0 saturated carbocycles. The van der Waals surface area contributed by atoms with E-state index in [4.69, 9.17) is 0 Å². The second kappa shape index (κ2) is 5.14. The molecule has 0 aliphatic carbocycles. The lowest BCUT2D eigenvalue weighted by molar-refractivity contribution is 0.778. The zero-order chi connectivity index (χ0) is 14.3. The number of nitrogens with one attached hydrogen (secondary N) is 1. The number of hydrogen-bond donors (Lipinski definition) is 1. The van der Waals surface area contributed by atoms with E-state index in [0.717, 1.165) is 26.3 Å². The van der Waals surface area contributed by atoms with Gasteiger partial charge in [0.15, 0.2) is 0 Å². The van der Waals surface area contributed by atoms with Gasteiger partial charge in [-0.3, -0.25) is 4.79 Å². The molecule has 3 aromatic rings. The summed E-state index contributed by atoms with van der Waals surface area (Å²) in [5, 5.41) is 2.68. The molecule has 0 spiro atoms. The molecule has 0 aliphatic heterocycles. The molecule has 1 N–H and O–H groups in total. The van der Waals surface area contributed by atoms with Crippen molar-refractivity contribution in [2.24, 2.45) is 0 Å². The maximum absolute atomic E-state index is 12.3. The molecular weight excluding hydrogens is 336 g/mol. The Morgan fingerprint density at radius 1 is 1.25 bits per heavy atom. The summed E-state index contributed by atoms with van der Waals surface area (Å²) in [6, 6.07) is 7.95. The summed E-state index contributed by atoms with van der Waals surface area (Å²) in [7, 11) is 0. The molecular formula is C15H13BrN2OS. The van der Waals surface area contributed by atoms with Crippen LogP contribution >= 0.6 is 27.3 Å². The second-order valence-electron chi connectivity index (χ2n) is 4.94. The molecule has 0 amide bonds. The molecule has 1 aromatic carbocycles. The molecule has 0 atom stereocenters. The van der Waals surface area contributed by atoms with Gasteiger partial charge >= 0.3 is 0 Å². The topological polar surface area (TPSA) is 45.8 Å². The van der Waals surface area contributed by atoms with Crippen LogP contribution in [0.5, 0.6) is 0 Å². The standard InChI is InChI=1S/C15H13BrN2OS/c1-8(2)13-17-14(19)12-11(7-20-15(12)18-13)9-3-5-10(16)6-4-9/h3-8H,1-2H3,(H,17,18,19). The SMILES string of the molecule is CC(C)c1nc2scc(-c3ccc(Br)cc3)c2c(=O)[nH]1. The molecule has 0 aliphatic rings. The van der Waals surface area contributed by atoms with Crippen molar-refractivity contribution in [1.82, 2.24) is 9.97 Å². The molecule has 0 fully saturated rings. The third-order valence-corrected chi connectivity index (χ3v) is 4.57. The number of thiophene rings is 1. The van der Waals surface area contributed by atoms with Crippen LogP contribution in [0.1, 0.15) is 25.6 Å². The van der Waals surface area contributed by atoms with Crippen molar-refractivity contribution >= 4 is 37.5 Å². The van der Waals surface area contributed by atoms with E-state index in [1.807, 2.05) is 43.5 Å². The van der Waals surface area contributed by atoms with Crippen LogP contribution in [0, 0.1) is 0 Å². The maximum atomic E-state index is 12.3. The first kappa shape index (κ1) is 13.5. The molecule has 20 heavy (non-hydrogen) atoms. The number of hydrogen-bond acceptors (Lipinski definition) is 3. The predicted molar refractivity (Wildman–Crippen MR) is 87.5 cm³/mol. The number of nitrogens with zero attached hydrogens (tertiary/aromatic N) is 1. The highest BCUT2D eigenvalue weighted by Crippen LogP contribution is 2.31. The van der Waals surface area contributed by atoms with Crippen LogP contribution in [0.25, 0.3) is 21.3 Å². The monoisotopic (exact) mass is 348 g/mol. The molecule has 3 rings (SSSR count). The molecule has 0 bridgehead atoms. The van der Waals surface area contributed by atoms with E-state index in [-0.39, 0.29) is 11.5 Å². The zero-order valence-electron chi connectivity index (χ0n) is 11.1. The van der Waals surface area contributed by atoms with E-state index >= 15 is 0 Å². The number of aromatic nitrogens is 2. The van der Waals surface area contributed by atoms with E-state index < -0.39 is 0 Å². The van der Waals surface area contributed by atoms with E-state index in [0.29, 0.717) is 5.39 Å². The Balaban J connectivity index is 2.24. The van der Waals surface area contributed by atoms with E-state index in [2.05, 4.69) is 25.9 Å². The van der Waals surface area contributed by atoms with Gasteiger partial charge in [-0.25, -0.2) is 4.98 Å². The first-order valence-electron chi connectivity index (χ1n) is 6.33. The van der Waals surface area contributed by atoms with Crippen LogP contribution in [0.3, 0.4) is 0 Å².